The summed E-state index contributed by atoms with van der Waals surface area (Å²) in [7, 11) is 0. The van der Waals surface area contributed by atoms with Crippen LogP contribution >= 0.6 is 0 Å². The molecule has 0 unspecified atom stereocenters. The minimum atomic E-state index is -0.344. The molecule has 0 spiro atoms. The van der Waals surface area contributed by atoms with Crippen LogP contribution in [0.15, 0.2) is 31.0 Å². The lowest BCUT2D eigenvalue weighted by molar-refractivity contribution is 0.0945. The molecule has 2 aromatic heterocycles. The van der Waals surface area contributed by atoms with Gasteiger partial charge in [0.2, 0.25) is 0 Å². The van der Waals surface area contributed by atoms with E-state index in [0.29, 0.717) is 12.2 Å². The quantitative estimate of drug-likeness (QED) is 0.754. The Morgan fingerprint density at radius 2 is 2.24 bits per heavy atom. The van der Waals surface area contributed by atoms with Crippen molar-refractivity contribution >= 4 is 11.7 Å². The number of nitrogens with one attached hydrogen (secondary N) is 1. The molecule has 0 aliphatic carbocycles. The van der Waals surface area contributed by atoms with Crippen LogP contribution in [0.5, 0.6) is 0 Å². The molecule has 0 saturated heterocycles. The van der Waals surface area contributed by atoms with E-state index >= 15 is 0 Å². The average molecular weight is 230 g/mol. The molecule has 2 heterocycles. The highest BCUT2D eigenvalue weighted by Crippen LogP contribution is 1.98. The van der Waals surface area contributed by atoms with Crippen molar-refractivity contribution in [1.82, 2.24) is 25.3 Å². The Morgan fingerprint density at radius 1 is 1.35 bits per heavy atom. The van der Waals surface area contributed by atoms with Crippen molar-refractivity contribution in [3.8, 4) is 0 Å². The fourth-order valence-electron chi connectivity index (χ4n) is 1.17. The van der Waals surface area contributed by atoms with Crippen LogP contribution in [0.1, 0.15) is 16.2 Å². The summed E-state index contributed by atoms with van der Waals surface area (Å²) >= 11 is 0. The fraction of sp³-hybridized carbons (Fsp3) is 0.100. The number of rotatable bonds is 3. The summed E-state index contributed by atoms with van der Waals surface area (Å²) in [5.41, 5.74) is 6.32. The second kappa shape index (κ2) is 4.97. The third-order valence-electron chi connectivity index (χ3n) is 1.96. The second-order valence-corrected chi connectivity index (χ2v) is 3.21. The number of amides is 1. The Morgan fingerprint density at radius 3 is 2.94 bits per heavy atom. The lowest BCUT2D eigenvalue weighted by Crippen LogP contribution is -2.24. The molecule has 2 rings (SSSR count). The molecule has 0 bridgehead atoms. The lowest BCUT2D eigenvalue weighted by atomic mass is 10.3. The third kappa shape index (κ3) is 2.94. The van der Waals surface area contributed by atoms with Crippen molar-refractivity contribution in [3.63, 3.8) is 0 Å². The zero-order chi connectivity index (χ0) is 12.1. The summed E-state index contributed by atoms with van der Waals surface area (Å²) in [5.74, 6) is -0.136. The van der Waals surface area contributed by atoms with Gasteiger partial charge in [0.25, 0.3) is 5.91 Å². The van der Waals surface area contributed by atoms with E-state index in [9.17, 15) is 4.79 Å². The SMILES string of the molecule is Nc1cncc(C(=O)NCc2ccncn2)n1. The smallest absolute Gasteiger partial charge is 0.271 e. The summed E-state index contributed by atoms with van der Waals surface area (Å²) < 4.78 is 0. The van der Waals surface area contributed by atoms with Gasteiger partial charge in [-0.15, -0.1) is 0 Å². The number of carbonyl (C=O) groups is 1. The van der Waals surface area contributed by atoms with E-state index in [1.54, 1.807) is 12.3 Å². The number of hydrogen-bond acceptors (Lipinski definition) is 6. The van der Waals surface area contributed by atoms with Crippen LogP contribution in [0, 0.1) is 0 Å². The largest absolute Gasteiger partial charge is 0.382 e. The number of carbonyl (C=O) groups excluding carboxylic acids is 1. The molecule has 0 aliphatic heterocycles. The van der Waals surface area contributed by atoms with Crippen molar-refractivity contribution in [1.29, 1.82) is 0 Å². The van der Waals surface area contributed by atoms with Crippen molar-refractivity contribution in [2.75, 3.05) is 5.73 Å². The van der Waals surface area contributed by atoms with E-state index in [0.717, 1.165) is 0 Å². The van der Waals surface area contributed by atoms with E-state index in [1.165, 1.54) is 18.7 Å². The molecule has 0 saturated carbocycles. The molecule has 0 fully saturated rings. The van der Waals surface area contributed by atoms with Gasteiger partial charge in [-0.2, -0.15) is 0 Å². The van der Waals surface area contributed by atoms with Crippen molar-refractivity contribution in [2.45, 2.75) is 6.54 Å². The van der Waals surface area contributed by atoms with Crippen LogP contribution in [0.3, 0.4) is 0 Å². The number of hydrogen-bond donors (Lipinski definition) is 2. The highest BCUT2D eigenvalue weighted by molar-refractivity contribution is 5.92. The minimum Gasteiger partial charge on any atom is -0.382 e. The Labute approximate surface area is 97.1 Å². The average Bonchev–Trinajstić information content (AvgIpc) is 2.37. The Bertz CT molecular complexity index is 515. The number of nitrogen functional groups attached to an aromatic ring is 1. The van der Waals surface area contributed by atoms with Crippen molar-refractivity contribution in [2.24, 2.45) is 0 Å². The number of aromatic nitrogens is 4. The summed E-state index contributed by atoms with van der Waals surface area (Å²) in [5, 5.41) is 2.66. The van der Waals surface area contributed by atoms with Crippen molar-refractivity contribution < 1.29 is 4.79 Å². The van der Waals surface area contributed by atoms with E-state index < -0.39 is 0 Å². The zero-order valence-corrected chi connectivity index (χ0v) is 8.87. The van der Waals surface area contributed by atoms with Gasteiger partial charge >= 0.3 is 0 Å². The van der Waals surface area contributed by atoms with Gasteiger partial charge in [0, 0.05) is 6.20 Å². The predicted molar refractivity (Wildman–Crippen MR) is 59.6 cm³/mol. The van der Waals surface area contributed by atoms with E-state index in [-0.39, 0.29) is 17.4 Å². The maximum atomic E-state index is 11.7. The van der Waals surface area contributed by atoms with Gasteiger partial charge in [0.05, 0.1) is 24.6 Å². The maximum Gasteiger partial charge on any atom is 0.271 e. The van der Waals surface area contributed by atoms with Gasteiger partial charge in [0.15, 0.2) is 0 Å². The fourth-order valence-corrected chi connectivity index (χ4v) is 1.17. The van der Waals surface area contributed by atoms with Gasteiger partial charge in [0.1, 0.15) is 17.8 Å². The topological polar surface area (TPSA) is 107 Å². The number of nitrogens with zero attached hydrogens (tertiary/aromatic N) is 4. The first-order valence-electron chi connectivity index (χ1n) is 4.86. The highest BCUT2D eigenvalue weighted by atomic mass is 16.1. The Kier molecular flexibility index (Phi) is 3.20. The molecule has 86 valence electrons. The highest BCUT2D eigenvalue weighted by Gasteiger charge is 2.07. The van der Waals surface area contributed by atoms with E-state index in [4.69, 9.17) is 5.73 Å². The van der Waals surface area contributed by atoms with Gasteiger partial charge in [-0.05, 0) is 6.07 Å². The van der Waals surface area contributed by atoms with Crippen LogP contribution in [0.4, 0.5) is 5.82 Å². The zero-order valence-electron chi connectivity index (χ0n) is 8.87. The summed E-state index contributed by atoms with van der Waals surface area (Å²) in [4.78, 5) is 27.1. The molecule has 7 heteroatoms. The lowest BCUT2D eigenvalue weighted by Gasteiger charge is -2.03. The normalized spacial score (nSPS) is 9.88. The molecular weight excluding hydrogens is 220 g/mol. The Hall–Kier alpha value is -2.57. The first kappa shape index (κ1) is 10.9. The van der Waals surface area contributed by atoms with Crippen LogP contribution < -0.4 is 11.1 Å². The predicted octanol–water partition coefficient (Wildman–Crippen LogP) is -0.221. The molecule has 1 amide bonds. The Balaban J connectivity index is 1.98. The molecular formula is C10H10N6O. The number of anilines is 1. The van der Waals surface area contributed by atoms with E-state index in [1.807, 2.05) is 0 Å². The standard InChI is InChI=1S/C10H10N6O/c11-9-5-13-4-8(16-9)10(17)14-3-7-1-2-12-6-15-7/h1-2,4-6H,3H2,(H2,11,16)(H,14,17). The van der Waals surface area contributed by atoms with Crippen LogP contribution in [-0.2, 0) is 6.54 Å². The molecule has 3 N–H and O–H groups in total. The van der Waals surface area contributed by atoms with Crippen molar-refractivity contribution in [3.05, 3.63) is 42.4 Å². The second-order valence-electron chi connectivity index (χ2n) is 3.21. The first-order chi connectivity index (χ1) is 8.25. The summed E-state index contributed by atoms with van der Waals surface area (Å²) in [6, 6.07) is 1.71. The van der Waals surface area contributed by atoms with Gasteiger partial charge < -0.3 is 11.1 Å². The molecule has 17 heavy (non-hydrogen) atoms. The summed E-state index contributed by atoms with van der Waals surface area (Å²) in [6.45, 7) is 0.303. The third-order valence-corrected chi connectivity index (χ3v) is 1.96. The maximum absolute atomic E-state index is 11.7. The molecule has 0 aromatic carbocycles. The molecule has 7 nitrogen and oxygen atoms in total. The van der Waals surface area contributed by atoms with Crippen LogP contribution in [0.25, 0.3) is 0 Å². The van der Waals surface area contributed by atoms with E-state index in [2.05, 4.69) is 25.3 Å². The first-order valence-corrected chi connectivity index (χ1v) is 4.86. The summed E-state index contributed by atoms with van der Waals surface area (Å²) in [6.07, 6.45) is 5.75. The molecule has 0 aliphatic rings. The van der Waals surface area contributed by atoms with Gasteiger partial charge in [-0.25, -0.2) is 15.0 Å². The molecule has 0 atom stereocenters. The number of nitrogens with two attached hydrogens (primary N) is 1. The molecule has 2 aromatic rings. The van der Waals surface area contributed by atoms with Crippen LogP contribution in [-0.4, -0.2) is 25.8 Å². The minimum absolute atomic E-state index is 0.180. The van der Waals surface area contributed by atoms with Gasteiger partial charge in [-0.1, -0.05) is 0 Å². The van der Waals surface area contributed by atoms with Crippen LogP contribution in [0.2, 0.25) is 0 Å². The molecule has 0 radical (unpaired) electrons. The van der Waals surface area contributed by atoms with Gasteiger partial charge in [-0.3, -0.25) is 9.78 Å². The monoisotopic (exact) mass is 230 g/mol.